The third-order valence-corrected chi connectivity index (χ3v) is 1.64. The zero-order chi connectivity index (χ0) is 9.07. The van der Waals surface area contributed by atoms with Gasteiger partial charge in [0.15, 0.2) is 5.78 Å². The minimum atomic E-state index is -1.18. The van der Waals surface area contributed by atoms with E-state index in [1.807, 2.05) is 13.8 Å². The molecule has 1 unspecified atom stereocenters. The molecule has 0 aromatic rings. The maximum atomic E-state index is 11.2. The number of aliphatic hydroxyl groups is 1. The summed E-state index contributed by atoms with van der Waals surface area (Å²) in [7, 11) is 0. The fourth-order valence-corrected chi connectivity index (χ4v) is 0.592. The van der Waals surface area contributed by atoms with Gasteiger partial charge in [-0.2, -0.15) is 0 Å². The molecule has 1 atom stereocenters. The second-order valence-corrected chi connectivity index (χ2v) is 3.21. The first kappa shape index (κ1) is 10.4. The van der Waals surface area contributed by atoms with Crippen LogP contribution in [0.25, 0.3) is 0 Å². The first-order valence-electron chi connectivity index (χ1n) is 3.82. The lowest BCUT2D eigenvalue weighted by atomic mass is 9.97. The Kier molecular flexibility index (Phi) is 3.46. The predicted octanol–water partition coefficient (Wildman–Crippen LogP) is 1.68. The van der Waals surface area contributed by atoms with Crippen LogP contribution in [0, 0.1) is 0 Å². The standard InChI is InChI=1S/C9H16O2/c1-5-9(4,11)8(10)6-7(2)3/h6,11H,5H2,1-4H3. The summed E-state index contributed by atoms with van der Waals surface area (Å²) in [6, 6.07) is 0. The van der Waals surface area contributed by atoms with Crippen molar-refractivity contribution in [1.29, 1.82) is 0 Å². The van der Waals surface area contributed by atoms with Crippen molar-refractivity contribution in [2.45, 2.75) is 39.7 Å². The van der Waals surface area contributed by atoms with Crippen molar-refractivity contribution in [3.05, 3.63) is 11.6 Å². The van der Waals surface area contributed by atoms with Crippen LogP contribution in [0.15, 0.2) is 11.6 Å². The Morgan fingerprint density at radius 1 is 1.55 bits per heavy atom. The molecule has 1 N–H and O–H groups in total. The van der Waals surface area contributed by atoms with Crippen molar-refractivity contribution < 1.29 is 9.90 Å². The average Bonchev–Trinajstić information content (AvgIpc) is 1.86. The summed E-state index contributed by atoms with van der Waals surface area (Å²) in [4.78, 5) is 11.2. The van der Waals surface area contributed by atoms with Crippen molar-refractivity contribution in [3.8, 4) is 0 Å². The largest absolute Gasteiger partial charge is 0.382 e. The summed E-state index contributed by atoms with van der Waals surface area (Å²) in [6.45, 7) is 7.00. The number of ketones is 1. The molecule has 0 aromatic carbocycles. The smallest absolute Gasteiger partial charge is 0.186 e. The van der Waals surface area contributed by atoms with Crippen LogP contribution in [-0.4, -0.2) is 16.5 Å². The van der Waals surface area contributed by atoms with E-state index in [4.69, 9.17) is 0 Å². The highest BCUT2D eigenvalue weighted by molar-refractivity contribution is 5.96. The zero-order valence-electron chi connectivity index (χ0n) is 7.64. The van der Waals surface area contributed by atoms with Gasteiger partial charge >= 0.3 is 0 Å². The number of hydrogen-bond acceptors (Lipinski definition) is 2. The second kappa shape index (κ2) is 3.67. The molecule has 0 heterocycles. The van der Waals surface area contributed by atoms with E-state index in [0.717, 1.165) is 5.57 Å². The number of carbonyl (C=O) groups is 1. The Labute approximate surface area is 67.9 Å². The van der Waals surface area contributed by atoms with Crippen molar-refractivity contribution in [3.63, 3.8) is 0 Å². The Morgan fingerprint density at radius 2 is 2.00 bits per heavy atom. The number of rotatable bonds is 3. The van der Waals surface area contributed by atoms with Crippen LogP contribution in [0.3, 0.4) is 0 Å². The van der Waals surface area contributed by atoms with Gasteiger partial charge in [0.1, 0.15) is 5.60 Å². The Morgan fingerprint density at radius 3 is 2.27 bits per heavy atom. The van der Waals surface area contributed by atoms with E-state index in [2.05, 4.69) is 0 Å². The van der Waals surface area contributed by atoms with Gasteiger partial charge in [-0.3, -0.25) is 4.79 Å². The van der Waals surface area contributed by atoms with Gasteiger partial charge in [-0.05, 0) is 33.3 Å². The lowest BCUT2D eigenvalue weighted by molar-refractivity contribution is -0.130. The predicted molar refractivity (Wildman–Crippen MR) is 45.4 cm³/mol. The fourth-order valence-electron chi connectivity index (χ4n) is 0.592. The molecule has 0 rings (SSSR count). The van der Waals surface area contributed by atoms with Crippen molar-refractivity contribution >= 4 is 5.78 Å². The SMILES string of the molecule is CCC(C)(O)C(=O)C=C(C)C. The molecule has 0 saturated heterocycles. The minimum Gasteiger partial charge on any atom is -0.382 e. The quantitative estimate of drug-likeness (QED) is 0.631. The van der Waals surface area contributed by atoms with Gasteiger partial charge in [0.25, 0.3) is 0 Å². The molecule has 0 aromatic heterocycles. The molecule has 2 heteroatoms. The Hall–Kier alpha value is -0.630. The number of carbonyl (C=O) groups excluding carboxylic acids is 1. The van der Waals surface area contributed by atoms with E-state index >= 15 is 0 Å². The van der Waals surface area contributed by atoms with Crippen LogP contribution in [0.4, 0.5) is 0 Å². The zero-order valence-corrected chi connectivity index (χ0v) is 7.64. The Bertz CT molecular complexity index is 174. The van der Waals surface area contributed by atoms with Gasteiger partial charge in [0, 0.05) is 0 Å². The molecule has 0 saturated carbocycles. The van der Waals surface area contributed by atoms with Gasteiger partial charge in [0.05, 0.1) is 0 Å². The van der Waals surface area contributed by atoms with Crippen molar-refractivity contribution in [2.75, 3.05) is 0 Å². The van der Waals surface area contributed by atoms with Crippen molar-refractivity contribution in [1.82, 2.24) is 0 Å². The molecule has 0 spiro atoms. The lowest BCUT2D eigenvalue weighted by Crippen LogP contribution is -2.32. The molecule has 64 valence electrons. The van der Waals surface area contributed by atoms with E-state index in [1.165, 1.54) is 13.0 Å². The monoisotopic (exact) mass is 156 g/mol. The van der Waals surface area contributed by atoms with Gasteiger partial charge in [-0.25, -0.2) is 0 Å². The van der Waals surface area contributed by atoms with Gasteiger partial charge < -0.3 is 5.11 Å². The highest BCUT2D eigenvalue weighted by atomic mass is 16.3. The molecular formula is C9H16O2. The van der Waals surface area contributed by atoms with E-state index in [0.29, 0.717) is 6.42 Å². The van der Waals surface area contributed by atoms with Gasteiger partial charge in [0.2, 0.25) is 0 Å². The fraction of sp³-hybridized carbons (Fsp3) is 0.667. The second-order valence-electron chi connectivity index (χ2n) is 3.21. The van der Waals surface area contributed by atoms with Crippen LogP contribution >= 0.6 is 0 Å². The third kappa shape index (κ3) is 3.33. The summed E-state index contributed by atoms with van der Waals surface area (Å²) in [5.41, 5.74) is -0.263. The van der Waals surface area contributed by atoms with Crippen LogP contribution in [0.2, 0.25) is 0 Å². The maximum absolute atomic E-state index is 11.2. The summed E-state index contributed by atoms with van der Waals surface area (Å²) >= 11 is 0. The Balaban J connectivity index is 4.37. The van der Waals surface area contributed by atoms with Crippen LogP contribution < -0.4 is 0 Å². The first-order valence-corrected chi connectivity index (χ1v) is 3.82. The molecule has 0 radical (unpaired) electrons. The normalized spacial score (nSPS) is 15.4. The molecule has 2 nitrogen and oxygen atoms in total. The highest BCUT2D eigenvalue weighted by Gasteiger charge is 2.25. The summed E-state index contributed by atoms with van der Waals surface area (Å²) < 4.78 is 0. The number of allylic oxidation sites excluding steroid dienone is 1. The molecule has 0 aliphatic rings. The van der Waals surface area contributed by atoms with Crippen molar-refractivity contribution in [2.24, 2.45) is 0 Å². The highest BCUT2D eigenvalue weighted by Crippen LogP contribution is 2.11. The van der Waals surface area contributed by atoms with E-state index < -0.39 is 5.60 Å². The van der Waals surface area contributed by atoms with E-state index in [9.17, 15) is 9.90 Å². The maximum Gasteiger partial charge on any atom is 0.186 e. The van der Waals surface area contributed by atoms with Crippen LogP contribution in [-0.2, 0) is 4.79 Å². The number of hydrogen-bond donors (Lipinski definition) is 1. The lowest BCUT2D eigenvalue weighted by Gasteiger charge is -2.17. The topological polar surface area (TPSA) is 37.3 Å². The molecule has 0 fully saturated rings. The summed E-state index contributed by atoms with van der Waals surface area (Å²) in [5.74, 6) is -0.208. The minimum absolute atomic E-state index is 0.208. The summed E-state index contributed by atoms with van der Waals surface area (Å²) in [5, 5.41) is 9.45. The third-order valence-electron chi connectivity index (χ3n) is 1.64. The molecule has 11 heavy (non-hydrogen) atoms. The first-order chi connectivity index (χ1) is 4.90. The molecule has 0 aliphatic heterocycles. The van der Waals surface area contributed by atoms with E-state index in [-0.39, 0.29) is 5.78 Å². The van der Waals surface area contributed by atoms with Crippen LogP contribution in [0.5, 0.6) is 0 Å². The van der Waals surface area contributed by atoms with Crippen LogP contribution in [0.1, 0.15) is 34.1 Å². The van der Waals surface area contributed by atoms with Gasteiger partial charge in [-0.15, -0.1) is 0 Å². The van der Waals surface area contributed by atoms with E-state index in [1.54, 1.807) is 6.92 Å². The molecule has 0 bridgehead atoms. The molecule has 0 amide bonds. The molecule has 0 aliphatic carbocycles. The average molecular weight is 156 g/mol. The van der Waals surface area contributed by atoms with Gasteiger partial charge in [-0.1, -0.05) is 12.5 Å². The summed E-state index contributed by atoms with van der Waals surface area (Å²) in [6.07, 6.45) is 1.93. The molecular weight excluding hydrogens is 140 g/mol.